The van der Waals surface area contributed by atoms with E-state index in [4.69, 9.17) is 4.74 Å². The van der Waals surface area contributed by atoms with Gasteiger partial charge in [-0.1, -0.05) is 13.8 Å². The van der Waals surface area contributed by atoms with Crippen LogP contribution in [0.2, 0.25) is 0 Å². The summed E-state index contributed by atoms with van der Waals surface area (Å²) >= 11 is 0. The highest BCUT2D eigenvalue weighted by Crippen LogP contribution is 2.24. The molecule has 2 aliphatic rings. The van der Waals surface area contributed by atoms with Gasteiger partial charge in [0.15, 0.2) is 0 Å². The molecule has 94 valence electrons. The molecule has 0 amide bonds. The molecule has 0 aromatic heterocycles. The van der Waals surface area contributed by atoms with Gasteiger partial charge in [-0.25, -0.2) is 0 Å². The second-order valence-electron chi connectivity index (χ2n) is 5.63. The largest absolute Gasteiger partial charge is 0.377 e. The highest BCUT2D eigenvalue weighted by Gasteiger charge is 2.33. The van der Waals surface area contributed by atoms with Gasteiger partial charge in [-0.15, -0.1) is 0 Å². The summed E-state index contributed by atoms with van der Waals surface area (Å²) in [5, 5.41) is 3.52. The molecule has 3 heteroatoms. The summed E-state index contributed by atoms with van der Waals surface area (Å²) in [5.74, 6) is 1.52. The van der Waals surface area contributed by atoms with E-state index in [2.05, 4.69) is 31.0 Å². The van der Waals surface area contributed by atoms with Gasteiger partial charge < -0.3 is 10.1 Å². The van der Waals surface area contributed by atoms with Crippen molar-refractivity contribution in [3.05, 3.63) is 0 Å². The zero-order chi connectivity index (χ0) is 11.5. The number of piperidine rings is 1. The maximum absolute atomic E-state index is 5.74. The summed E-state index contributed by atoms with van der Waals surface area (Å²) < 4.78 is 5.74. The van der Waals surface area contributed by atoms with Crippen molar-refractivity contribution < 1.29 is 4.74 Å². The lowest BCUT2D eigenvalue weighted by molar-refractivity contribution is 0.0357. The van der Waals surface area contributed by atoms with Crippen molar-refractivity contribution in [2.45, 2.75) is 39.3 Å². The third-order valence-corrected chi connectivity index (χ3v) is 4.00. The topological polar surface area (TPSA) is 24.5 Å². The van der Waals surface area contributed by atoms with Crippen molar-refractivity contribution in [1.29, 1.82) is 0 Å². The van der Waals surface area contributed by atoms with Gasteiger partial charge in [-0.2, -0.15) is 0 Å². The molecule has 2 rings (SSSR count). The molecule has 2 saturated heterocycles. The van der Waals surface area contributed by atoms with Crippen LogP contribution >= 0.6 is 0 Å². The second-order valence-corrected chi connectivity index (χ2v) is 5.63. The van der Waals surface area contributed by atoms with Crippen molar-refractivity contribution in [3.63, 3.8) is 0 Å². The van der Waals surface area contributed by atoms with Crippen LogP contribution in [0, 0.1) is 11.8 Å². The molecular weight excluding hydrogens is 200 g/mol. The summed E-state index contributed by atoms with van der Waals surface area (Å²) in [7, 11) is 0. The molecule has 0 aromatic rings. The Labute approximate surface area is 99.5 Å². The molecule has 0 saturated carbocycles. The van der Waals surface area contributed by atoms with Gasteiger partial charge in [0.1, 0.15) is 0 Å². The minimum Gasteiger partial charge on any atom is -0.377 e. The molecule has 3 nitrogen and oxygen atoms in total. The fourth-order valence-corrected chi connectivity index (χ4v) is 3.36. The molecule has 0 aliphatic carbocycles. The fraction of sp³-hybridized carbons (Fsp3) is 1.00. The van der Waals surface area contributed by atoms with Gasteiger partial charge in [0.05, 0.1) is 6.10 Å². The minimum absolute atomic E-state index is 0.400. The molecule has 3 unspecified atom stereocenters. The molecule has 0 radical (unpaired) electrons. The van der Waals surface area contributed by atoms with Gasteiger partial charge in [-0.05, 0) is 38.3 Å². The normalized spacial score (nSPS) is 42.9. The Balaban J connectivity index is 2.02. The summed E-state index contributed by atoms with van der Waals surface area (Å²) in [4.78, 5) is 2.67. The molecule has 0 aromatic carbocycles. The molecule has 16 heavy (non-hydrogen) atoms. The Morgan fingerprint density at radius 2 is 1.81 bits per heavy atom. The molecule has 0 bridgehead atoms. The van der Waals surface area contributed by atoms with Crippen LogP contribution in [-0.2, 0) is 4.74 Å². The van der Waals surface area contributed by atoms with Gasteiger partial charge in [0.2, 0.25) is 0 Å². The first-order valence-corrected chi connectivity index (χ1v) is 6.75. The molecular formula is C13H26N2O. The average Bonchev–Trinajstić information content (AvgIpc) is 2.43. The summed E-state index contributed by atoms with van der Waals surface area (Å²) in [5.41, 5.74) is 0. The van der Waals surface area contributed by atoms with Gasteiger partial charge in [0, 0.05) is 25.7 Å². The van der Waals surface area contributed by atoms with E-state index in [9.17, 15) is 0 Å². The maximum Gasteiger partial charge on any atom is 0.0674 e. The Kier molecular flexibility index (Phi) is 4.22. The third kappa shape index (κ3) is 2.76. The van der Waals surface area contributed by atoms with E-state index in [0.717, 1.165) is 31.0 Å². The van der Waals surface area contributed by atoms with Crippen LogP contribution < -0.4 is 5.32 Å². The molecule has 0 spiro atoms. The van der Waals surface area contributed by atoms with Crippen LogP contribution in [0.5, 0.6) is 0 Å². The first-order chi connectivity index (χ1) is 7.68. The van der Waals surface area contributed by atoms with Crippen LogP contribution in [0.25, 0.3) is 0 Å². The zero-order valence-corrected chi connectivity index (χ0v) is 10.9. The van der Waals surface area contributed by atoms with E-state index < -0.39 is 0 Å². The predicted molar refractivity (Wildman–Crippen MR) is 66.6 cm³/mol. The molecule has 2 heterocycles. The highest BCUT2D eigenvalue weighted by molar-refractivity contribution is 4.89. The number of ether oxygens (including phenoxy) is 1. The summed E-state index contributed by atoms with van der Waals surface area (Å²) in [6.45, 7) is 12.6. The first kappa shape index (κ1) is 12.3. The van der Waals surface area contributed by atoms with Crippen LogP contribution in [0.3, 0.4) is 0 Å². The van der Waals surface area contributed by atoms with Crippen molar-refractivity contribution in [3.8, 4) is 0 Å². The van der Waals surface area contributed by atoms with E-state index in [1.54, 1.807) is 0 Å². The van der Waals surface area contributed by atoms with E-state index >= 15 is 0 Å². The summed E-state index contributed by atoms with van der Waals surface area (Å²) in [6.07, 6.45) is 1.59. The second kappa shape index (κ2) is 5.48. The number of rotatable bonds is 1. The Morgan fingerprint density at radius 3 is 2.50 bits per heavy atom. The number of hydrogen-bond acceptors (Lipinski definition) is 3. The quantitative estimate of drug-likeness (QED) is 0.730. The first-order valence-electron chi connectivity index (χ1n) is 6.75. The monoisotopic (exact) mass is 226 g/mol. The van der Waals surface area contributed by atoms with Crippen LogP contribution in [-0.4, -0.2) is 49.8 Å². The lowest BCUT2D eigenvalue weighted by Gasteiger charge is -2.43. The van der Waals surface area contributed by atoms with Crippen molar-refractivity contribution in [2.75, 3.05) is 32.8 Å². The van der Waals surface area contributed by atoms with Gasteiger partial charge in [-0.3, -0.25) is 4.90 Å². The predicted octanol–water partition coefficient (Wildman–Crippen LogP) is 1.34. The molecule has 3 atom stereocenters. The van der Waals surface area contributed by atoms with Gasteiger partial charge >= 0.3 is 0 Å². The summed E-state index contributed by atoms with van der Waals surface area (Å²) in [6, 6.07) is 0.741. The van der Waals surface area contributed by atoms with Crippen molar-refractivity contribution >= 4 is 0 Å². The van der Waals surface area contributed by atoms with Crippen LogP contribution in [0.4, 0.5) is 0 Å². The Bertz CT molecular complexity index is 212. The van der Waals surface area contributed by atoms with Crippen LogP contribution in [0.15, 0.2) is 0 Å². The molecule has 2 fully saturated rings. The number of nitrogens with one attached hydrogen (secondary N) is 1. The number of hydrogen-bond donors (Lipinski definition) is 1. The van der Waals surface area contributed by atoms with Crippen molar-refractivity contribution in [2.24, 2.45) is 11.8 Å². The lowest BCUT2D eigenvalue weighted by atomic mass is 9.85. The van der Waals surface area contributed by atoms with Crippen LogP contribution in [0.1, 0.15) is 27.2 Å². The maximum atomic E-state index is 5.74. The van der Waals surface area contributed by atoms with E-state index in [-0.39, 0.29) is 0 Å². The minimum atomic E-state index is 0.400. The third-order valence-electron chi connectivity index (χ3n) is 4.00. The zero-order valence-electron chi connectivity index (χ0n) is 10.9. The smallest absolute Gasteiger partial charge is 0.0674 e. The van der Waals surface area contributed by atoms with E-state index in [0.29, 0.717) is 6.10 Å². The molecule has 2 aliphatic heterocycles. The Morgan fingerprint density at radius 1 is 1.12 bits per heavy atom. The Hall–Kier alpha value is -0.120. The average molecular weight is 226 g/mol. The van der Waals surface area contributed by atoms with E-state index in [1.807, 2.05) is 0 Å². The fourth-order valence-electron chi connectivity index (χ4n) is 3.36. The lowest BCUT2D eigenvalue weighted by Crippen LogP contribution is -2.54. The van der Waals surface area contributed by atoms with Gasteiger partial charge in [0.25, 0.3) is 0 Å². The van der Waals surface area contributed by atoms with E-state index in [1.165, 1.54) is 26.1 Å². The number of nitrogens with zero attached hydrogens (tertiary/aromatic N) is 1. The van der Waals surface area contributed by atoms with Crippen molar-refractivity contribution in [1.82, 2.24) is 10.2 Å². The standard InChI is InChI=1S/C13H26N2O/c1-10-7-14-8-11(2)13(10)15-5-4-6-16-12(3)9-15/h10-14H,4-9H2,1-3H3. The SMILES string of the molecule is CC1CN(C2C(C)CNCC2C)CCCO1. The highest BCUT2D eigenvalue weighted by atomic mass is 16.5. The molecule has 1 N–H and O–H groups in total.